The molecule has 384 valence electrons. The highest BCUT2D eigenvalue weighted by Crippen LogP contribution is 2.15. The Labute approximate surface area is 414 Å². The van der Waals surface area contributed by atoms with E-state index >= 15 is 0 Å². The molecule has 0 heterocycles. The first-order valence-electron chi connectivity index (χ1n) is 28.1. The summed E-state index contributed by atoms with van der Waals surface area (Å²) in [6, 6.07) is 0. The zero-order valence-electron chi connectivity index (χ0n) is 43.9. The van der Waals surface area contributed by atoms with E-state index in [-0.39, 0.29) is 31.1 Å². The first-order chi connectivity index (χ1) is 33.0. The van der Waals surface area contributed by atoms with Gasteiger partial charge >= 0.3 is 17.9 Å². The van der Waals surface area contributed by atoms with Crippen LogP contribution in [-0.2, 0) is 28.6 Å². The normalized spacial score (nSPS) is 12.7. The van der Waals surface area contributed by atoms with Crippen LogP contribution in [0.25, 0.3) is 0 Å². The second kappa shape index (κ2) is 55.2. The molecule has 6 nitrogen and oxygen atoms in total. The first kappa shape index (κ1) is 63.6. The summed E-state index contributed by atoms with van der Waals surface area (Å²) >= 11 is 0. The van der Waals surface area contributed by atoms with Crippen molar-refractivity contribution in [3.63, 3.8) is 0 Å². The predicted octanol–water partition coefficient (Wildman–Crippen LogP) is 18.8. The van der Waals surface area contributed by atoms with Crippen LogP contribution in [-0.4, -0.2) is 37.2 Å². The van der Waals surface area contributed by atoms with Crippen LogP contribution in [0.3, 0.4) is 0 Å². The minimum absolute atomic E-state index is 0.0882. The topological polar surface area (TPSA) is 78.9 Å². The summed E-state index contributed by atoms with van der Waals surface area (Å²) in [5.74, 6) is -0.918. The van der Waals surface area contributed by atoms with Crippen LogP contribution >= 0.6 is 0 Å². The summed E-state index contributed by atoms with van der Waals surface area (Å²) in [6.45, 7) is 6.49. The van der Waals surface area contributed by atoms with Gasteiger partial charge < -0.3 is 14.2 Å². The van der Waals surface area contributed by atoms with E-state index in [1.54, 1.807) is 0 Å². The number of allylic oxidation sites excluding steroid dienone is 14. The third kappa shape index (κ3) is 53.4. The van der Waals surface area contributed by atoms with Gasteiger partial charge in [-0.25, -0.2) is 0 Å². The molecule has 0 saturated carbocycles. The Morgan fingerprint density at radius 1 is 0.328 bits per heavy atom. The van der Waals surface area contributed by atoms with Gasteiger partial charge in [0.25, 0.3) is 0 Å². The molecule has 1 unspecified atom stereocenters. The lowest BCUT2D eigenvalue weighted by Crippen LogP contribution is -2.30. The number of ether oxygens (including phenoxy) is 3. The van der Waals surface area contributed by atoms with E-state index in [9.17, 15) is 14.4 Å². The Bertz CT molecular complexity index is 1300. The van der Waals surface area contributed by atoms with Crippen LogP contribution < -0.4 is 0 Å². The zero-order valence-corrected chi connectivity index (χ0v) is 43.9. The molecular formula is C61H104O6. The fraction of sp³-hybridized carbons (Fsp3) is 0.721. The Balaban J connectivity index is 4.43. The zero-order chi connectivity index (χ0) is 48.6. The smallest absolute Gasteiger partial charge is 0.306 e. The SMILES string of the molecule is CC/C=C\C/C=C\C/C=C\C/C=C\CCCCCCCCC(=O)OCC(COC(=O)CCCCCCCCCCCCCC)OC(=O)CCCCCCC\C=C/C=C\C=C/CCCCCCC. The summed E-state index contributed by atoms with van der Waals surface area (Å²) in [7, 11) is 0. The van der Waals surface area contributed by atoms with Gasteiger partial charge in [-0.3, -0.25) is 14.4 Å². The number of rotatable bonds is 50. The summed E-state index contributed by atoms with van der Waals surface area (Å²) in [4.78, 5) is 38.1. The quantitative estimate of drug-likeness (QED) is 0.0199. The molecule has 0 aromatic carbocycles. The third-order valence-electron chi connectivity index (χ3n) is 11.9. The molecule has 0 fully saturated rings. The van der Waals surface area contributed by atoms with Crippen molar-refractivity contribution in [2.24, 2.45) is 0 Å². The van der Waals surface area contributed by atoms with E-state index in [0.29, 0.717) is 19.3 Å². The van der Waals surface area contributed by atoms with Gasteiger partial charge in [-0.2, -0.15) is 0 Å². The monoisotopic (exact) mass is 933 g/mol. The molecule has 0 bridgehead atoms. The highest BCUT2D eigenvalue weighted by atomic mass is 16.6. The second-order valence-corrected chi connectivity index (χ2v) is 18.5. The molecule has 1 atom stereocenters. The maximum atomic E-state index is 12.8. The van der Waals surface area contributed by atoms with Crippen LogP contribution in [0.2, 0.25) is 0 Å². The number of hydrogen-bond acceptors (Lipinski definition) is 6. The van der Waals surface area contributed by atoms with Crippen molar-refractivity contribution in [1.82, 2.24) is 0 Å². The van der Waals surface area contributed by atoms with E-state index in [2.05, 4.69) is 106 Å². The maximum Gasteiger partial charge on any atom is 0.306 e. The number of hydrogen-bond donors (Lipinski definition) is 0. The number of unbranched alkanes of at least 4 members (excludes halogenated alkanes) is 27. The summed E-state index contributed by atoms with van der Waals surface area (Å²) in [5, 5.41) is 0. The molecule has 0 aliphatic rings. The van der Waals surface area contributed by atoms with E-state index in [4.69, 9.17) is 14.2 Å². The Hall–Kier alpha value is -3.41. The van der Waals surface area contributed by atoms with Crippen molar-refractivity contribution >= 4 is 17.9 Å². The standard InChI is InChI=1S/C61H104O6/c1-4-7-10-13-16-19-22-25-27-29-31-33-34-36-39-42-45-48-51-54-60(63)66-57-58(56-65-59(62)53-50-47-44-41-38-24-21-18-15-12-9-6-3)67-61(64)55-52-49-46-43-40-37-35-32-30-28-26-23-20-17-14-11-8-5-2/h7,10,16,19,23,25-28,30-33,35,58H,4-6,8-9,11-15,17-18,20-22,24,29,34,36-57H2,1-3H3/b10-7-,19-16-,26-23-,27-25-,30-28-,33-31-,35-32-. The molecule has 6 heteroatoms. The lowest BCUT2D eigenvalue weighted by Gasteiger charge is -2.18. The van der Waals surface area contributed by atoms with Crippen molar-refractivity contribution in [1.29, 1.82) is 0 Å². The molecule has 0 amide bonds. The fourth-order valence-electron chi connectivity index (χ4n) is 7.73. The van der Waals surface area contributed by atoms with Gasteiger partial charge in [0, 0.05) is 19.3 Å². The Kier molecular flexibility index (Phi) is 52.4. The highest BCUT2D eigenvalue weighted by molar-refractivity contribution is 5.71. The van der Waals surface area contributed by atoms with Gasteiger partial charge in [0.2, 0.25) is 0 Å². The Morgan fingerprint density at radius 2 is 0.642 bits per heavy atom. The van der Waals surface area contributed by atoms with Crippen LogP contribution in [0.4, 0.5) is 0 Å². The van der Waals surface area contributed by atoms with Crippen molar-refractivity contribution in [3.8, 4) is 0 Å². The summed E-state index contributed by atoms with van der Waals surface area (Å²) in [5.41, 5.74) is 0. The van der Waals surface area contributed by atoms with Crippen molar-refractivity contribution < 1.29 is 28.6 Å². The first-order valence-corrected chi connectivity index (χ1v) is 28.1. The lowest BCUT2D eigenvalue weighted by molar-refractivity contribution is -0.167. The van der Waals surface area contributed by atoms with Gasteiger partial charge in [0.1, 0.15) is 13.2 Å². The second-order valence-electron chi connectivity index (χ2n) is 18.5. The molecule has 0 spiro atoms. The molecule has 0 radical (unpaired) electrons. The van der Waals surface area contributed by atoms with Gasteiger partial charge in [-0.1, -0.05) is 247 Å². The van der Waals surface area contributed by atoms with E-state index in [0.717, 1.165) is 122 Å². The van der Waals surface area contributed by atoms with Crippen LogP contribution in [0.1, 0.15) is 265 Å². The van der Waals surface area contributed by atoms with E-state index in [1.807, 2.05) is 0 Å². The molecule has 0 aliphatic heterocycles. The molecule has 0 rings (SSSR count). The minimum Gasteiger partial charge on any atom is -0.462 e. The van der Waals surface area contributed by atoms with Crippen molar-refractivity contribution in [2.75, 3.05) is 13.2 Å². The molecule has 0 saturated heterocycles. The third-order valence-corrected chi connectivity index (χ3v) is 11.9. The maximum absolute atomic E-state index is 12.8. The van der Waals surface area contributed by atoms with Crippen molar-refractivity contribution in [3.05, 3.63) is 85.1 Å². The number of esters is 3. The van der Waals surface area contributed by atoms with E-state index < -0.39 is 6.10 Å². The van der Waals surface area contributed by atoms with Crippen LogP contribution in [0.5, 0.6) is 0 Å². The molecule has 0 N–H and O–H groups in total. The van der Waals surface area contributed by atoms with Crippen LogP contribution in [0, 0.1) is 0 Å². The van der Waals surface area contributed by atoms with Crippen molar-refractivity contribution in [2.45, 2.75) is 271 Å². The molecular weight excluding hydrogens is 829 g/mol. The van der Waals surface area contributed by atoms with Gasteiger partial charge in [-0.05, 0) is 83.5 Å². The molecule has 0 aliphatic carbocycles. The molecule has 0 aromatic rings. The highest BCUT2D eigenvalue weighted by Gasteiger charge is 2.19. The summed E-state index contributed by atoms with van der Waals surface area (Å²) in [6.07, 6.45) is 71.3. The molecule has 67 heavy (non-hydrogen) atoms. The largest absolute Gasteiger partial charge is 0.462 e. The fourth-order valence-corrected chi connectivity index (χ4v) is 7.73. The van der Waals surface area contributed by atoms with Crippen LogP contribution in [0.15, 0.2) is 85.1 Å². The Morgan fingerprint density at radius 3 is 1.03 bits per heavy atom. The summed E-state index contributed by atoms with van der Waals surface area (Å²) < 4.78 is 16.8. The van der Waals surface area contributed by atoms with Gasteiger partial charge in [0.15, 0.2) is 6.10 Å². The number of carbonyl (C=O) groups is 3. The van der Waals surface area contributed by atoms with E-state index in [1.165, 1.54) is 103 Å². The lowest BCUT2D eigenvalue weighted by atomic mass is 10.0. The average Bonchev–Trinajstić information content (AvgIpc) is 3.33. The number of carbonyl (C=O) groups excluding carboxylic acids is 3. The molecule has 0 aromatic heterocycles. The minimum atomic E-state index is -0.792. The average molecular weight is 933 g/mol. The van der Waals surface area contributed by atoms with Gasteiger partial charge in [0.05, 0.1) is 0 Å². The van der Waals surface area contributed by atoms with Gasteiger partial charge in [-0.15, -0.1) is 0 Å². The predicted molar refractivity (Wildman–Crippen MR) is 288 cm³/mol.